The predicted octanol–water partition coefficient (Wildman–Crippen LogP) is 7.32. The summed E-state index contributed by atoms with van der Waals surface area (Å²) in [7, 11) is 0. The van der Waals surface area contributed by atoms with E-state index in [0.717, 1.165) is 0 Å². The van der Waals surface area contributed by atoms with Gasteiger partial charge in [0.05, 0.1) is 0 Å². The molecule has 12 atom stereocenters. The van der Waals surface area contributed by atoms with Crippen LogP contribution in [-0.2, 0) is 0 Å². The molecule has 0 radical (unpaired) electrons. The van der Waals surface area contributed by atoms with Gasteiger partial charge in [0.2, 0.25) is 0 Å². The molecule has 3 saturated heterocycles. The molecule has 12 nitrogen and oxygen atoms in total. The van der Waals surface area contributed by atoms with Crippen molar-refractivity contribution in [2.75, 3.05) is 39.6 Å². The van der Waals surface area contributed by atoms with Crippen LogP contribution in [0.2, 0.25) is 28.9 Å². The fourth-order valence-electron chi connectivity index (χ4n) is 7.56. The molecule has 21 heteroatoms. The Balaban J connectivity index is 0.000000164. The first-order chi connectivity index (χ1) is 36.1. The van der Waals surface area contributed by atoms with E-state index in [4.69, 9.17) is 28.4 Å². The molecule has 3 aliphatic heterocycles. The van der Waals surface area contributed by atoms with Gasteiger partial charge in [0.1, 0.15) is 0 Å². The van der Waals surface area contributed by atoms with Gasteiger partial charge in [0.15, 0.2) is 0 Å². The Hall–Kier alpha value is -4.98. The second-order valence-corrected chi connectivity index (χ2v) is 26.5. The molecule has 9 rings (SSSR count). The van der Waals surface area contributed by atoms with Crippen LogP contribution in [-0.4, -0.2) is 152 Å². The number of hydrogen-bond acceptors (Lipinski definition) is 12. The van der Waals surface area contributed by atoms with Crippen molar-refractivity contribution in [2.45, 2.75) is 65.5 Å². The first kappa shape index (κ1) is 57.7. The van der Waals surface area contributed by atoms with Gasteiger partial charge in [0, 0.05) is 0 Å². The number of rotatable bonds is 18. The standard InChI is InChI=1S/3C18H18F2O4Se/c3*19-11-1-5-13(6-2-11)23-9-15-17(21)18(22)16(25-15)10-24-14-7-3-12(20)4-8-14/h3*1-8,15-18,21-22H,9-10H2/t3*15-,16-,17+,18+/m000/s1. The molecule has 0 aliphatic carbocycles. The van der Waals surface area contributed by atoms with Gasteiger partial charge in [-0.05, 0) is 0 Å². The zero-order valence-corrected chi connectivity index (χ0v) is 44.8. The number of hydrogen-bond donors (Lipinski definition) is 6. The van der Waals surface area contributed by atoms with E-state index in [-0.39, 0.29) is 148 Å². The van der Waals surface area contributed by atoms with E-state index in [1.165, 1.54) is 146 Å². The molecule has 3 aliphatic rings. The molecule has 0 bridgehead atoms. The molecule has 3 fully saturated rings. The van der Waals surface area contributed by atoms with Gasteiger partial charge >= 0.3 is 450 Å². The Bertz CT molecular complexity index is 2150. The maximum atomic E-state index is 12.9. The van der Waals surface area contributed by atoms with E-state index in [2.05, 4.69) is 0 Å². The van der Waals surface area contributed by atoms with Gasteiger partial charge < -0.3 is 0 Å². The van der Waals surface area contributed by atoms with Crippen LogP contribution in [0, 0.1) is 34.9 Å². The average Bonchev–Trinajstić information content (AvgIpc) is 3.97. The molecular weight excluding hydrogens is 1190 g/mol. The third kappa shape index (κ3) is 17.5. The molecule has 0 saturated carbocycles. The van der Waals surface area contributed by atoms with Crippen molar-refractivity contribution in [2.24, 2.45) is 0 Å². The summed E-state index contributed by atoms with van der Waals surface area (Å²) >= 11 is -0.295. The van der Waals surface area contributed by atoms with Crippen LogP contribution in [0.1, 0.15) is 0 Å². The van der Waals surface area contributed by atoms with Gasteiger partial charge in [0.25, 0.3) is 0 Å². The van der Waals surface area contributed by atoms with E-state index in [1.807, 2.05) is 0 Å². The van der Waals surface area contributed by atoms with E-state index in [0.29, 0.717) is 34.5 Å². The molecule has 0 spiro atoms. The SMILES string of the molecule is O[C@H]1[C@H](O)[C@H](COc2ccc(F)cc2)[Se][C@H]1COc1ccc(F)cc1.O[C@H]1[C@H](O)[C@H](COc2ccc(F)cc2)[Se][C@H]1COc1ccc(F)cc1.O[C@H]1[C@H](O)[C@H](COc2ccc(F)cc2)[Se][C@H]1COc1ccc(F)cc1. The van der Waals surface area contributed by atoms with Crippen LogP contribution >= 0.6 is 0 Å². The Morgan fingerprint density at radius 3 is 0.480 bits per heavy atom. The quantitative estimate of drug-likeness (QED) is 0.0374. The summed E-state index contributed by atoms with van der Waals surface area (Å²) in [5, 5.41) is 61.2. The molecule has 6 aromatic carbocycles. The molecule has 0 amide bonds. The average molecular weight is 1250 g/mol. The van der Waals surface area contributed by atoms with Crippen LogP contribution in [0.15, 0.2) is 146 Å². The van der Waals surface area contributed by atoms with Gasteiger partial charge in [-0.2, -0.15) is 0 Å². The molecule has 3 heterocycles. The molecule has 6 aromatic rings. The first-order valence-corrected chi connectivity index (χ1v) is 29.4. The predicted molar refractivity (Wildman–Crippen MR) is 267 cm³/mol. The maximum absolute atomic E-state index is 12.9. The zero-order valence-electron chi connectivity index (χ0n) is 39.7. The fraction of sp³-hybridized carbons (Fsp3) is 0.333. The van der Waals surface area contributed by atoms with E-state index in [9.17, 15) is 57.0 Å². The first-order valence-electron chi connectivity index (χ1n) is 23.4. The molecule has 0 aromatic heterocycles. The summed E-state index contributed by atoms with van der Waals surface area (Å²) < 4.78 is 111. The van der Waals surface area contributed by atoms with Crippen molar-refractivity contribution in [3.8, 4) is 34.5 Å². The summed E-state index contributed by atoms with van der Waals surface area (Å²) in [6, 6.07) is 33.9. The number of aliphatic hydroxyl groups excluding tert-OH is 6. The Kier molecular flexibility index (Phi) is 21.9. The summed E-state index contributed by atoms with van der Waals surface area (Å²) in [6.07, 6.45) is -5.32. The van der Waals surface area contributed by atoms with Crippen LogP contribution in [0.25, 0.3) is 0 Å². The van der Waals surface area contributed by atoms with Crippen molar-refractivity contribution in [1.82, 2.24) is 0 Å². The number of benzene rings is 6. The van der Waals surface area contributed by atoms with E-state index < -0.39 is 36.6 Å². The second-order valence-electron chi connectivity index (χ2n) is 17.2. The van der Waals surface area contributed by atoms with E-state index in [1.54, 1.807) is 0 Å². The molecule has 402 valence electrons. The van der Waals surface area contributed by atoms with Gasteiger partial charge in [-0.1, -0.05) is 0 Å². The van der Waals surface area contributed by atoms with Crippen LogP contribution < -0.4 is 28.4 Å². The minimum absolute atomic E-state index is 0.0983. The van der Waals surface area contributed by atoms with Crippen molar-refractivity contribution < 1.29 is 85.4 Å². The van der Waals surface area contributed by atoms with Crippen molar-refractivity contribution >= 4 is 44.9 Å². The van der Waals surface area contributed by atoms with Crippen molar-refractivity contribution in [3.63, 3.8) is 0 Å². The third-order valence-corrected chi connectivity index (χ3v) is 21.4. The van der Waals surface area contributed by atoms with Gasteiger partial charge in [-0.15, -0.1) is 0 Å². The number of aliphatic hydroxyl groups is 6. The third-order valence-electron chi connectivity index (χ3n) is 11.8. The summed E-state index contributed by atoms with van der Waals surface area (Å²) in [5.74, 6) is 1.06. The van der Waals surface area contributed by atoms with Crippen molar-refractivity contribution in [1.29, 1.82) is 0 Å². The van der Waals surface area contributed by atoms with Crippen LogP contribution in [0.5, 0.6) is 34.5 Å². The summed E-state index contributed by atoms with van der Waals surface area (Å²) in [6.45, 7) is 1.48. The fourth-order valence-corrected chi connectivity index (χ4v) is 16.3. The van der Waals surface area contributed by atoms with Crippen LogP contribution in [0.3, 0.4) is 0 Å². The summed E-state index contributed by atoms with van der Waals surface area (Å²) in [4.78, 5) is -1.11. The topological polar surface area (TPSA) is 177 Å². The van der Waals surface area contributed by atoms with Crippen LogP contribution in [0.4, 0.5) is 26.3 Å². The summed E-state index contributed by atoms with van der Waals surface area (Å²) in [5.41, 5.74) is 0. The monoisotopic (exact) mass is 1250 g/mol. The zero-order chi connectivity index (χ0) is 53.4. The van der Waals surface area contributed by atoms with Crippen molar-refractivity contribution in [3.05, 3.63) is 180 Å². The molecule has 0 unspecified atom stereocenters. The molecular formula is C54H54F6O12Se3. The Labute approximate surface area is 448 Å². The van der Waals surface area contributed by atoms with E-state index >= 15 is 0 Å². The molecule has 6 N–H and O–H groups in total. The number of halogens is 6. The van der Waals surface area contributed by atoms with Gasteiger partial charge in [-0.25, -0.2) is 0 Å². The van der Waals surface area contributed by atoms with Gasteiger partial charge in [-0.3, -0.25) is 0 Å². The number of ether oxygens (including phenoxy) is 6. The Morgan fingerprint density at radius 1 is 0.240 bits per heavy atom. The normalized spacial score (nSPS) is 25.8. The minimum atomic E-state index is -0.887. The second kappa shape index (κ2) is 28.4. The molecule has 75 heavy (non-hydrogen) atoms. The Morgan fingerprint density at radius 2 is 0.360 bits per heavy atom.